The van der Waals surface area contributed by atoms with Gasteiger partial charge in [-0.1, -0.05) is 0 Å². The van der Waals surface area contributed by atoms with Crippen LogP contribution in [0.3, 0.4) is 0 Å². The van der Waals surface area contributed by atoms with Crippen molar-refractivity contribution in [3.63, 3.8) is 0 Å². The number of hydrogen-bond acceptors (Lipinski definition) is 10. The Morgan fingerprint density at radius 1 is 1.00 bits per heavy atom. The topological polar surface area (TPSA) is 154 Å². The third kappa shape index (κ3) is 6.49. The molecule has 0 spiro atoms. The first-order valence-electron chi connectivity index (χ1n) is 18.9. The van der Waals surface area contributed by atoms with Crippen LogP contribution in [0.25, 0.3) is 43.1 Å². The first-order chi connectivity index (χ1) is 27.1. The molecule has 6 aromatic rings. The number of piperazine rings is 1. The molecule has 56 heavy (non-hydrogen) atoms. The number of nitrogens with one attached hydrogen (secondary N) is 4. The van der Waals surface area contributed by atoms with Gasteiger partial charge in [0.15, 0.2) is 0 Å². The van der Waals surface area contributed by atoms with Crippen LogP contribution in [0.4, 0.5) is 15.8 Å². The zero-order valence-corrected chi connectivity index (χ0v) is 31.8. The summed E-state index contributed by atoms with van der Waals surface area (Å²) in [5, 5.41) is 19.2. The van der Waals surface area contributed by atoms with Gasteiger partial charge in [0.05, 0.1) is 34.0 Å². The van der Waals surface area contributed by atoms with Crippen LogP contribution in [0.5, 0.6) is 0 Å². The summed E-state index contributed by atoms with van der Waals surface area (Å²) in [5.74, 6) is -1.94. The van der Waals surface area contributed by atoms with Gasteiger partial charge >= 0.3 is 0 Å². The summed E-state index contributed by atoms with van der Waals surface area (Å²) in [6.07, 6.45) is 0.763. The predicted molar refractivity (Wildman–Crippen MR) is 215 cm³/mol. The molecule has 13 nitrogen and oxygen atoms in total. The molecule has 3 aromatic carbocycles. The second-order valence-corrected chi connectivity index (χ2v) is 15.8. The van der Waals surface area contributed by atoms with Crippen molar-refractivity contribution in [2.24, 2.45) is 7.05 Å². The number of nitrogens with zero attached hydrogens (tertiary/aromatic N) is 5. The number of hydrogen-bond donors (Lipinski definition) is 4. The molecule has 15 heteroatoms. The van der Waals surface area contributed by atoms with Crippen molar-refractivity contribution < 1.29 is 23.6 Å². The second-order valence-electron chi connectivity index (χ2n) is 14.8. The third-order valence-corrected chi connectivity index (χ3v) is 12.2. The zero-order valence-electron chi connectivity index (χ0n) is 30.9. The van der Waals surface area contributed by atoms with E-state index in [1.54, 1.807) is 22.9 Å². The Morgan fingerprint density at radius 3 is 2.62 bits per heavy atom. The molecule has 0 radical (unpaired) electrons. The smallest absolute Gasteiger partial charge is 0.263 e. The number of amides is 4. The van der Waals surface area contributed by atoms with E-state index in [9.17, 15) is 19.2 Å². The number of aryl methyl sites for hydroxylation is 1. The normalized spacial score (nSPS) is 19.1. The minimum absolute atomic E-state index is 0.000509. The second kappa shape index (κ2) is 14.3. The fraction of sp³-hybridized carbons (Fsp3) is 0.317. The van der Waals surface area contributed by atoms with Crippen molar-refractivity contribution in [3.05, 3.63) is 82.6 Å². The van der Waals surface area contributed by atoms with E-state index in [1.165, 1.54) is 17.4 Å². The summed E-state index contributed by atoms with van der Waals surface area (Å²) in [5.41, 5.74) is 5.20. The van der Waals surface area contributed by atoms with E-state index in [1.807, 2.05) is 38.2 Å². The minimum Gasteiger partial charge on any atom is -0.381 e. The molecule has 0 saturated carbocycles. The minimum atomic E-state index is -0.532. The van der Waals surface area contributed by atoms with Crippen LogP contribution in [0.15, 0.2) is 60.7 Å². The molecule has 3 aromatic heterocycles. The lowest BCUT2D eigenvalue weighted by molar-refractivity contribution is -0.134. The van der Waals surface area contributed by atoms with E-state index in [-0.39, 0.29) is 35.2 Å². The van der Waals surface area contributed by atoms with E-state index in [0.717, 1.165) is 63.9 Å². The first kappa shape index (κ1) is 35.8. The molecule has 4 N–H and O–H groups in total. The number of imide groups is 1. The standard InChI is InChI=1S/C41H40FN9O4S/c1-22-21-44-37-35-26-7-9-30(46-31(26)10-11-33(35)56-38(37)41(55)45-22)25-5-3-23(19-29(25)42)39(53)43-13-14-50-15-17-51(18-16-50)24-4-6-27-32(20-24)49(2)48-36(27)28-8-12-34(52)47-40(28)54/h3-7,9-11,19-20,22,28,44H,8,12-18,21H2,1-2H3,(H,43,53)(H,45,55)(H,47,52,54)/t22-,28?/m1/s1. The molecule has 3 aliphatic heterocycles. The number of halogens is 1. The van der Waals surface area contributed by atoms with Gasteiger partial charge in [0.2, 0.25) is 11.8 Å². The zero-order chi connectivity index (χ0) is 38.7. The summed E-state index contributed by atoms with van der Waals surface area (Å²) in [7, 11) is 1.87. The summed E-state index contributed by atoms with van der Waals surface area (Å²) in [6, 6.07) is 18.2. The summed E-state index contributed by atoms with van der Waals surface area (Å²) in [4.78, 5) is 60.1. The number of carbonyl (C=O) groups is 4. The van der Waals surface area contributed by atoms with Gasteiger partial charge in [0.25, 0.3) is 11.8 Å². The van der Waals surface area contributed by atoms with Gasteiger partial charge in [-0.2, -0.15) is 5.10 Å². The van der Waals surface area contributed by atoms with Crippen LogP contribution in [0.2, 0.25) is 0 Å². The monoisotopic (exact) mass is 773 g/mol. The average molecular weight is 774 g/mol. The van der Waals surface area contributed by atoms with E-state index < -0.39 is 11.7 Å². The van der Waals surface area contributed by atoms with E-state index in [0.29, 0.717) is 59.8 Å². The molecule has 286 valence electrons. The van der Waals surface area contributed by atoms with Gasteiger partial charge in [0, 0.05) is 103 Å². The lowest BCUT2D eigenvalue weighted by atomic mass is 9.93. The van der Waals surface area contributed by atoms with E-state index >= 15 is 4.39 Å². The van der Waals surface area contributed by atoms with Crippen molar-refractivity contribution in [2.45, 2.75) is 31.7 Å². The molecule has 2 fully saturated rings. The lowest BCUT2D eigenvalue weighted by Gasteiger charge is -2.36. The summed E-state index contributed by atoms with van der Waals surface area (Å²) in [6.45, 7) is 6.90. The Kier molecular flexibility index (Phi) is 9.12. The Balaban J connectivity index is 0.806. The number of benzene rings is 3. The van der Waals surface area contributed by atoms with Crippen molar-refractivity contribution in [2.75, 3.05) is 56.0 Å². The van der Waals surface area contributed by atoms with Gasteiger partial charge in [0.1, 0.15) is 10.7 Å². The number of rotatable bonds is 7. The molecule has 1 unspecified atom stereocenters. The highest BCUT2D eigenvalue weighted by Crippen LogP contribution is 2.41. The van der Waals surface area contributed by atoms with Crippen LogP contribution < -0.4 is 26.2 Å². The van der Waals surface area contributed by atoms with Crippen LogP contribution in [0, 0.1) is 5.82 Å². The number of aromatic nitrogens is 3. The molecular weight excluding hydrogens is 734 g/mol. The van der Waals surface area contributed by atoms with E-state index in [4.69, 9.17) is 4.98 Å². The Morgan fingerprint density at radius 2 is 1.82 bits per heavy atom. The molecule has 6 heterocycles. The maximum Gasteiger partial charge on any atom is 0.263 e. The van der Waals surface area contributed by atoms with Crippen LogP contribution in [-0.2, 0) is 16.6 Å². The van der Waals surface area contributed by atoms with Gasteiger partial charge in [-0.25, -0.2) is 9.37 Å². The highest BCUT2D eigenvalue weighted by Gasteiger charge is 2.32. The molecule has 9 rings (SSSR count). The number of anilines is 2. The SMILES string of the molecule is C[C@@H]1CNc2c(sc3ccc4nc(-c5ccc(C(=O)NCCN6CCN(c7ccc8c(C9CCC(=O)NC9=O)nn(C)c8c7)CC6)cc5F)ccc4c23)C(=O)N1. The van der Waals surface area contributed by atoms with Gasteiger partial charge < -0.3 is 20.9 Å². The summed E-state index contributed by atoms with van der Waals surface area (Å²) < 4.78 is 18.3. The Labute approximate surface area is 325 Å². The maximum atomic E-state index is 15.5. The predicted octanol–water partition coefficient (Wildman–Crippen LogP) is 4.76. The highest BCUT2D eigenvalue weighted by atomic mass is 32.1. The number of thiophene rings is 1. The highest BCUT2D eigenvalue weighted by molar-refractivity contribution is 7.21. The first-order valence-corrected chi connectivity index (χ1v) is 19.7. The molecule has 2 atom stereocenters. The van der Waals surface area contributed by atoms with Gasteiger partial charge in [-0.3, -0.25) is 34.1 Å². The quantitative estimate of drug-likeness (QED) is 0.168. The maximum absolute atomic E-state index is 15.5. The van der Waals surface area contributed by atoms with Gasteiger partial charge in [-0.15, -0.1) is 11.3 Å². The average Bonchev–Trinajstić information content (AvgIpc) is 3.69. The lowest BCUT2D eigenvalue weighted by Crippen LogP contribution is -2.48. The molecule has 2 saturated heterocycles. The van der Waals surface area contributed by atoms with Crippen LogP contribution in [-0.4, -0.2) is 95.1 Å². The molecule has 4 amide bonds. The number of fused-ring (bicyclic) bond motifs is 6. The molecular formula is C41H40FN9O4S. The van der Waals surface area contributed by atoms with Crippen molar-refractivity contribution in [1.29, 1.82) is 0 Å². The van der Waals surface area contributed by atoms with Crippen LogP contribution in [0.1, 0.15) is 51.4 Å². The van der Waals surface area contributed by atoms with E-state index in [2.05, 4.69) is 48.3 Å². The molecule has 0 aliphatic carbocycles. The van der Waals surface area contributed by atoms with Crippen molar-refractivity contribution in [1.82, 2.24) is 35.6 Å². The fourth-order valence-electron chi connectivity index (χ4n) is 8.08. The summed E-state index contributed by atoms with van der Waals surface area (Å²) >= 11 is 1.44. The van der Waals surface area contributed by atoms with Crippen LogP contribution >= 0.6 is 11.3 Å². The fourth-order valence-corrected chi connectivity index (χ4v) is 9.18. The number of carbonyl (C=O) groups excluding carboxylic acids is 4. The number of pyridine rings is 1. The van der Waals surface area contributed by atoms with Gasteiger partial charge in [-0.05, 0) is 74.0 Å². The van der Waals surface area contributed by atoms with Crippen molar-refractivity contribution in [3.8, 4) is 11.3 Å². The number of piperidine rings is 1. The molecule has 3 aliphatic rings. The Bertz CT molecular complexity index is 2600. The Hall–Kier alpha value is -5.93. The molecule has 0 bridgehead atoms. The van der Waals surface area contributed by atoms with Crippen molar-refractivity contribution >= 4 is 78.2 Å². The third-order valence-electron chi connectivity index (χ3n) is 11.1. The largest absolute Gasteiger partial charge is 0.381 e.